The summed E-state index contributed by atoms with van der Waals surface area (Å²) in [4.78, 5) is 0. The van der Waals surface area contributed by atoms with Crippen LogP contribution < -0.4 is 4.74 Å². The number of hydrogen-bond donors (Lipinski definition) is 0. The van der Waals surface area contributed by atoms with Gasteiger partial charge in [-0.25, -0.2) is 0 Å². The lowest BCUT2D eigenvalue weighted by atomic mass is 10.2. The van der Waals surface area contributed by atoms with Crippen LogP contribution in [0.5, 0.6) is 5.75 Å². The quantitative estimate of drug-likeness (QED) is 0.633. The van der Waals surface area contributed by atoms with E-state index >= 15 is 0 Å². The van der Waals surface area contributed by atoms with Gasteiger partial charge in [-0.05, 0) is 42.0 Å². The molecule has 104 valence electrons. The zero-order valence-corrected chi connectivity index (χ0v) is 13.0. The van der Waals surface area contributed by atoms with E-state index in [-0.39, 0.29) is 0 Å². The topological polar surface area (TPSA) is 14.2 Å². The molecule has 21 heavy (non-hydrogen) atoms. The maximum atomic E-state index is 5.84. The first-order valence-electron chi connectivity index (χ1n) is 6.66. The standard InChI is InChI=1S/C18H14BrNO/c1-2-10-20-11-9-15-12-17(7-8-18(15)20)21-13-14-3-5-16(19)6-4-14/h1,3-9,11-12H,10,13H2. The molecule has 0 bridgehead atoms. The first kappa shape index (κ1) is 13.8. The molecule has 0 radical (unpaired) electrons. The largest absolute Gasteiger partial charge is 0.489 e. The van der Waals surface area contributed by atoms with Gasteiger partial charge in [0.15, 0.2) is 0 Å². The van der Waals surface area contributed by atoms with Crippen molar-refractivity contribution in [2.45, 2.75) is 13.2 Å². The second kappa shape index (κ2) is 6.07. The Balaban J connectivity index is 1.76. The molecule has 1 aromatic heterocycles. The average molecular weight is 340 g/mol. The number of benzene rings is 2. The van der Waals surface area contributed by atoms with E-state index in [1.165, 1.54) is 0 Å². The molecule has 0 fully saturated rings. The minimum atomic E-state index is 0.559. The lowest BCUT2D eigenvalue weighted by molar-refractivity contribution is 0.306. The van der Waals surface area contributed by atoms with Crippen molar-refractivity contribution in [3.05, 3.63) is 64.8 Å². The molecule has 0 saturated carbocycles. The van der Waals surface area contributed by atoms with E-state index in [1.807, 2.05) is 53.2 Å². The van der Waals surface area contributed by atoms with E-state index in [1.54, 1.807) is 0 Å². The molecule has 3 aromatic rings. The maximum absolute atomic E-state index is 5.84. The Hall–Kier alpha value is -2.18. The van der Waals surface area contributed by atoms with Crippen LogP contribution in [-0.2, 0) is 13.2 Å². The molecule has 0 atom stereocenters. The minimum absolute atomic E-state index is 0.559. The van der Waals surface area contributed by atoms with E-state index in [4.69, 9.17) is 11.2 Å². The molecule has 0 saturated heterocycles. The van der Waals surface area contributed by atoms with Gasteiger partial charge in [0.1, 0.15) is 12.4 Å². The summed E-state index contributed by atoms with van der Waals surface area (Å²) >= 11 is 3.43. The third-order valence-corrected chi connectivity index (χ3v) is 3.85. The van der Waals surface area contributed by atoms with E-state index < -0.39 is 0 Å². The van der Waals surface area contributed by atoms with Crippen molar-refractivity contribution in [3.63, 3.8) is 0 Å². The fourth-order valence-corrected chi connectivity index (χ4v) is 2.52. The third kappa shape index (κ3) is 3.12. The van der Waals surface area contributed by atoms with Crippen molar-refractivity contribution in [2.24, 2.45) is 0 Å². The van der Waals surface area contributed by atoms with Crippen molar-refractivity contribution in [3.8, 4) is 18.1 Å². The van der Waals surface area contributed by atoms with Gasteiger partial charge in [0.25, 0.3) is 0 Å². The van der Waals surface area contributed by atoms with Crippen LogP contribution in [-0.4, -0.2) is 4.57 Å². The first-order valence-corrected chi connectivity index (χ1v) is 7.45. The van der Waals surface area contributed by atoms with Crippen LogP contribution in [0.4, 0.5) is 0 Å². The molecule has 3 rings (SSSR count). The summed E-state index contributed by atoms with van der Waals surface area (Å²) in [5.41, 5.74) is 2.27. The number of ether oxygens (including phenoxy) is 1. The number of fused-ring (bicyclic) bond motifs is 1. The van der Waals surface area contributed by atoms with Gasteiger partial charge in [-0.2, -0.15) is 0 Å². The second-order valence-corrected chi connectivity index (χ2v) is 5.70. The normalized spacial score (nSPS) is 10.5. The van der Waals surface area contributed by atoms with Gasteiger partial charge < -0.3 is 9.30 Å². The summed E-state index contributed by atoms with van der Waals surface area (Å²) < 4.78 is 8.97. The van der Waals surface area contributed by atoms with Crippen LogP contribution in [0.1, 0.15) is 5.56 Å². The van der Waals surface area contributed by atoms with E-state index in [9.17, 15) is 0 Å². The van der Waals surface area contributed by atoms with Crippen molar-refractivity contribution < 1.29 is 4.74 Å². The highest BCUT2D eigenvalue weighted by molar-refractivity contribution is 9.10. The fourth-order valence-electron chi connectivity index (χ4n) is 2.25. The molecule has 0 aliphatic carbocycles. The van der Waals surface area contributed by atoms with Crippen LogP contribution in [0.2, 0.25) is 0 Å². The summed E-state index contributed by atoms with van der Waals surface area (Å²) in [5, 5.41) is 1.14. The van der Waals surface area contributed by atoms with E-state index in [0.717, 1.165) is 26.7 Å². The summed E-state index contributed by atoms with van der Waals surface area (Å²) in [7, 11) is 0. The highest BCUT2D eigenvalue weighted by atomic mass is 79.9. The lowest BCUT2D eigenvalue weighted by Gasteiger charge is -2.07. The van der Waals surface area contributed by atoms with Gasteiger partial charge in [-0.1, -0.05) is 34.0 Å². The van der Waals surface area contributed by atoms with Gasteiger partial charge in [0, 0.05) is 21.6 Å². The van der Waals surface area contributed by atoms with Crippen LogP contribution in [0.3, 0.4) is 0 Å². The van der Waals surface area contributed by atoms with Crippen LogP contribution >= 0.6 is 15.9 Å². The van der Waals surface area contributed by atoms with Gasteiger partial charge >= 0.3 is 0 Å². The molecule has 0 N–H and O–H groups in total. The SMILES string of the molecule is C#CCn1ccc2cc(OCc3ccc(Br)cc3)ccc21. The van der Waals surface area contributed by atoms with Crippen LogP contribution in [0, 0.1) is 12.3 Å². The average Bonchev–Trinajstić information content (AvgIpc) is 2.90. The molecule has 2 nitrogen and oxygen atoms in total. The molecule has 0 amide bonds. The van der Waals surface area contributed by atoms with Crippen LogP contribution in [0.25, 0.3) is 10.9 Å². The lowest BCUT2D eigenvalue weighted by Crippen LogP contribution is -1.95. The molecule has 0 unspecified atom stereocenters. The van der Waals surface area contributed by atoms with Crippen molar-refractivity contribution in [1.82, 2.24) is 4.57 Å². The van der Waals surface area contributed by atoms with Crippen molar-refractivity contribution in [1.29, 1.82) is 0 Å². The van der Waals surface area contributed by atoms with Crippen LogP contribution in [0.15, 0.2) is 59.2 Å². The van der Waals surface area contributed by atoms with Crippen molar-refractivity contribution >= 4 is 26.8 Å². The number of rotatable bonds is 4. The molecular formula is C18H14BrNO. The Labute approximate surface area is 132 Å². The molecule has 0 aliphatic rings. The van der Waals surface area contributed by atoms with Gasteiger partial charge in [0.2, 0.25) is 0 Å². The Morgan fingerprint density at radius 3 is 2.67 bits per heavy atom. The number of nitrogens with zero attached hydrogens (tertiary/aromatic N) is 1. The van der Waals surface area contributed by atoms with E-state index in [2.05, 4.69) is 27.9 Å². The number of halogens is 1. The highest BCUT2D eigenvalue weighted by Gasteiger charge is 2.02. The second-order valence-electron chi connectivity index (χ2n) is 4.78. The summed E-state index contributed by atoms with van der Waals surface area (Å²) in [5.74, 6) is 3.52. The predicted octanol–water partition coefficient (Wildman–Crippen LogP) is 4.62. The Bertz CT molecular complexity index is 796. The Kier molecular flexibility index (Phi) is 3.98. The van der Waals surface area contributed by atoms with Gasteiger partial charge in [-0.15, -0.1) is 6.42 Å². The summed E-state index contributed by atoms with van der Waals surface area (Å²) in [6.45, 7) is 1.15. The molecule has 0 spiro atoms. The monoisotopic (exact) mass is 339 g/mol. The Morgan fingerprint density at radius 1 is 1.10 bits per heavy atom. The Morgan fingerprint density at radius 2 is 1.90 bits per heavy atom. The molecule has 0 aliphatic heterocycles. The molecule has 3 heteroatoms. The number of terminal acetylenes is 1. The smallest absolute Gasteiger partial charge is 0.120 e. The predicted molar refractivity (Wildman–Crippen MR) is 89.2 cm³/mol. The number of aromatic nitrogens is 1. The van der Waals surface area contributed by atoms with E-state index in [0.29, 0.717) is 13.2 Å². The minimum Gasteiger partial charge on any atom is -0.489 e. The van der Waals surface area contributed by atoms with Crippen molar-refractivity contribution in [2.75, 3.05) is 0 Å². The first-order chi connectivity index (χ1) is 10.3. The summed E-state index contributed by atoms with van der Waals surface area (Å²) in [6, 6.07) is 16.2. The zero-order valence-electron chi connectivity index (χ0n) is 11.4. The third-order valence-electron chi connectivity index (χ3n) is 3.32. The molecule has 1 heterocycles. The molecular weight excluding hydrogens is 326 g/mol. The number of hydrogen-bond acceptors (Lipinski definition) is 1. The van der Waals surface area contributed by atoms with Gasteiger partial charge in [0.05, 0.1) is 6.54 Å². The maximum Gasteiger partial charge on any atom is 0.120 e. The fraction of sp³-hybridized carbons (Fsp3) is 0.111. The zero-order chi connectivity index (χ0) is 14.7. The summed E-state index contributed by atoms with van der Waals surface area (Å²) in [6.07, 6.45) is 7.37. The van der Waals surface area contributed by atoms with Gasteiger partial charge in [-0.3, -0.25) is 0 Å². The highest BCUT2D eigenvalue weighted by Crippen LogP contribution is 2.23. The molecule has 2 aromatic carbocycles.